The maximum atomic E-state index is 5.49. The number of nitrogens with zero attached hydrogens (tertiary/aromatic N) is 4. The fourth-order valence-corrected chi connectivity index (χ4v) is 11.8. The second-order valence-electron chi connectivity index (χ2n) is 17.9. The van der Waals surface area contributed by atoms with E-state index >= 15 is 0 Å². The summed E-state index contributed by atoms with van der Waals surface area (Å²) in [6, 6.07) is 87.0. The minimum Gasteiger partial charge on any atom is -0.278 e. The van der Waals surface area contributed by atoms with Crippen molar-refractivity contribution in [1.29, 1.82) is 0 Å². The first kappa shape index (κ1) is 40.1. The van der Waals surface area contributed by atoms with Crippen LogP contribution >= 0.6 is 11.3 Å². The second kappa shape index (κ2) is 16.3. The standard InChI is InChI=1S/C65H40N4S/c1-3-17-41(18-4-1)46-38-47(42-19-5-2-6-20-42)40-48(39-46)44-23-13-24-45(37-44)50-28-15-30-52-51(50)29-16-32-56(52)64-66-63(55-31-14-22-43-21-7-8-25-49(43)55)67-65(68-64)69-58-33-11-9-27-57(58)61-59(69)36-35-54-53-26-10-12-34-60(53)70-62(54)61/h1-40H. The highest BCUT2D eigenvalue weighted by Gasteiger charge is 2.22. The van der Waals surface area contributed by atoms with E-state index in [0.717, 1.165) is 60.4 Å². The molecule has 0 aliphatic carbocycles. The number of para-hydroxylation sites is 1. The highest BCUT2D eigenvalue weighted by Crippen LogP contribution is 2.44. The van der Waals surface area contributed by atoms with Crippen LogP contribution < -0.4 is 0 Å². The highest BCUT2D eigenvalue weighted by molar-refractivity contribution is 7.26. The molecule has 0 spiro atoms. The van der Waals surface area contributed by atoms with E-state index in [9.17, 15) is 0 Å². The van der Waals surface area contributed by atoms with E-state index in [0.29, 0.717) is 17.6 Å². The van der Waals surface area contributed by atoms with Crippen molar-refractivity contribution >= 4 is 74.9 Å². The lowest BCUT2D eigenvalue weighted by molar-refractivity contribution is 0.955. The molecule has 0 radical (unpaired) electrons. The molecule has 5 heteroatoms. The van der Waals surface area contributed by atoms with Crippen LogP contribution in [0.5, 0.6) is 0 Å². The van der Waals surface area contributed by atoms with E-state index < -0.39 is 0 Å². The van der Waals surface area contributed by atoms with Gasteiger partial charge in [0.05, 0.1) is 11.0 Å². The van der Waals surface area contributed by atoms with E-state index in [2.05, 4.69) is 247 Å². The molecule has 70 heavy (non-hydrogen) atoms. The van der Waals surface area contributed by atoms with Gasteiger partial charge in [0.1, 0.15) is 0 Å². The quantitative estimate of drug-likeness (QED) is 0.160. The Balaban J connectivity index is 0.962. The Kier molecular flexibility index (Phi) is 9.36. The predicted octanol–water partition coefficient (Wildman–Crippen LogP) is 17.6. The van der Waals surface area contributed by atoms with Gasteiger partial charge in [-0.2, -0.15) is 9.97 Å². The molecule has 0 saturated heterocycles. The predicted molar refractivity (Wildman–Crippen MR) is 295 cm³/mol. The van der Waals surface area contributed by atoms with Crippen LogP contribution in [-0.2, 0) is 0 Å². The molecular weight excluding hydrogens is 869 g/mol. The third kappa shape index (κ3) is 6.62. The van der Waals surface area contributed by atoms with Crippen molar-refractivity contribution < 1.29 is 0 Å². The number of benzene rings is 11. The molecular formula is C65H40N4S. The number of rotatable bonds is 7. The van der Waals surface area contributed by atoms with Crippen molar-refractivity contribution in [3.8, 4) is 73.2 Å². The normalized spacial score (nSPS) is 11.7. The van der Waals surface area contributed by atoms with E-state index in [4.69, 9.17) is 15.0 Å². The van der Waals surface area contributed by atoms with Crippen LogP contribution in [0.2, 0.25) is 0 Å². The van der Waals surface area contributed by atoms with Gasteiger partial charge in [-0.25, -0.2) is 4.98 Å². The van der Waals surface area contributed by atoms with Crippen LogP contribution in [0.15, 0.2) is 243 Å². The van der Waals surface area contributed by atoms with Gasteiger partial charge in [0.2, 0.25) is 5.95 Å². The first-order valence-corrected chi connectivity index (χ1v) is 24.5. The molecule has 0 N–H and O–H groups in total. The zero-order valence-electron chi connectivity index (χ0n) is 37.8. The van der Waals surface area contributed by atoms with Crippen molar-refractivity contribution in [2.75, 3.05) is 0 Å². The van der Waals surface area contributed by atoms with Crippen LogP contribution in [0.3, 0.4) is 0 Å². The molecule has 326 valence electrons. The molecule has 3 heterocycles. The van der Waals surface area contributed by atoms with E-state index in [1.165, 1.54) is 58.8 Å². The lowest BCUT2D eigenvalue weighted by Crippen LogP contribution is -2.06. The molecule has 0 atom stereocenters. The first-order chi connectivity index (χ1) is 34.7. The Hall–Kier alpha value is -9.03. The summed E-state index contributed by atoms with van der Waals surface area (Å²) in [4.78, 5) is 16.3. The summed E-state index contributed by atoms with van der Waals surface area (Å²) >= 11 is 1.85. The first-order valence-electron chi connectivity index (χ1n) is 23.7. The molecule has 0 unspecified atom stereocenters. The van der Waals surface area contributed by atoms with Crippen molar-refractivity contribution in [3.05, 3.63) is 243 Å². The van der Waals surface area contributed by atoms with Crippen LogP contribution in [0.4, 0.5) is 0 Å². The molecule has 0 aliphatic rings. The Morgan fingerprint density at radius 2 is 0.800 bits per heavy atom. The van der Waals surface area contributed by atoms with E-state index in [1.54, 1.807) is 0 Å². The molecule has 3 aromatic heterocycles. The lowest BCUT2D eigenvalue weighted by atomic mass is 9.91. The average Bonchev–Trinajstić information content (AvgIpc) is 3.99. The molecule has 14 aromatic rings. The highest BCUT2D eigenvalue weighted by atomic mass is 32.1. The Morgan fingerprint density at radius 3 is 1.54 bits per heavy atom. The smallest absolute Gasteiger partial charge is 0.238 e. The largest absolute Gasteiger partial charge is 0.278 e. The Bertz CT molecular complexity index is 4300. The van der Waals surface area contributed by atoms with Gasteiger partial charge in [0, 0.05) is 42.1 Å². The minimum absolute atomic E-state index is 0.577. The summed E-state index contributed by atoms with van der Waals surface area (Å²) in [5.41, 5.74) is 13.4. The number of aromatic nitrogens is 4. The van der Waals surface area contributed by atoms with Gasteiger partial charge in [-0.15, -0.1) is 11.3 Å². The van der Waals surface area contributed by atoms with Crippen molar-refractivity contribution in [2.24, 2.45) is 0 Å². The number of thiophene rings is 1. The van der Waals surface area contributed by atoms with E-state index in [1.807, 2.05) is 11.3 Å². The van der Waals surface area contributed by atoms with Crippen LogP contribution in [0.1, 0.15) is 0 Å². The fraction of sp³-hybridized carbons (Fsp3) is 0. The van der Waals surface area contributed by atoms with Gasteiger partial charge in [0.25, 0.3) is 0 Å². The monoisotopic (exact) mass is 908 g/mol. The molecule has 11 aromatic carbocycles. The van der Waals surface area contributed by atoms with Crippen LogP contribution in [-0.4, -0.2) is 19.5 Å². The SMILES string of the molecule is c1ccc(-c2cc(-c3ccccc3)cc(-c3cccc(-c4cccc5c(-c6nc(-c7cccc8ccccc78)nc(-n7c8ccccc8c8c9sc%10ccccc%10c9ccc87)n6)cccc45)c3)c2)cc1. The van der Waals surface area contributed by atoms with Crippen molar-refractivity contribution in [2.45, 2.75) is 0 Å². The summed E-state index contributed by atoms with van der Waals surface area (Å²) < 4.78 is 4.79. The zero-order chi connectivity index (χ0) is 46.1. The van der Waals surface area contributed by atoms with Crippen LogP contribution in [0.25, 0.3) is 137 Å². The van der Waals surface area contributed by atoms with Crippen molar-refractivity contribution in [3.63, 3.8) is 0 Å². The Labute approximate surface area is 408 Å². The average molecular weight is 909 g/mol. The zero-order valence-corrected chi connectivity index (χ0v) is 38.6. The topological polar surface area (TPSA) is 43.6 Å². The van der Waals surface area contributed by atoms with Gasteiger partial charge >= 0.3 is 0 Å². The summed E-state index contributed by atoms with van der Waals surface area (Å²) in [6.07, 6.45) is 0. The molecule has 14 rings (SSSR count). The van der Waals surface area contributed by atoms with Crippen LogP contribution in [0, 0.1) is 0 Å². The summed E-state index contributed by atoms with van der Waals surface area (Å²) in [5.74, 6) is 1.82. The third-order valence-corrected chi connectivity index (χ3v) is 15.1. The number of hydrogen-bond acceptors (Lipinski definition) is 4. The maximum Gasteiger partial charge on any atom is 0.238 e. The van der Waals surface area contributed by atoms with Crippen molar-refractivity contribution in [1.82, 2.24) is 19.5 Å². The van der Waals surface area contributed by atoms with Gasteiger partial charge in [0.15, 0.2) is 11.6 Å². The molecule has 0 amide bonds. The lowest BCUT2D eigenvalue weighted by Gasteiger charge is -2.15. The minimum atomic E-state index is 0.577. The molecule has 0 fully saturated rings. The Morgan fingerprint density at radius 1 is 0.300 bits per heavy atom. The summed E-state index contributed by atoms with van der Waals surface area (Å²) in [6.45, 7) is 0. The molecule has 0 bridgehead atoms. The maximum absolute atomic E-state index is 5.49. The van der Waals surface area contributed by atoms with E-state index in [-0.39, 0.29) is 0 Å². The van der Waals surface area contributed by atoms with Gasteiger partial charge in [-0.1, -0.05) is 200 Å². The third-order valence-electron chi connectivity index (χ3n) is 13.9. The van der Waals surface area contributed by atoms with Gasteiger partial charge < -0.3 is 0 Å². The van der Waals surface area contributed by atoms with Gasteiger partial charge in [-0.05, 0) is 109 Å². The number of fused-ring (bicyclic) bond motifs is 9. The molecule has 4 nitrogen and oxygen atoms in total. The van der Waals surface area contributed by atoms with Gasteiger partial charge in [-0.3, -0.25) is 4.57 Å². The number of hydrogen-bond donors (Lipinski definition) is 0. The second-order valence-corrected chi connectivity index (χ2v) is 19.0. The molecule has 0 saturated carbocycles. The summed E-state index contributed by atoms with van der Waals surface area (Å²) in [5, 5.41) is 9.33. The fourth-order valence-electron chi connectivity index (χ4n) is 10.6. The summed E-state index contributed by atoms with van der Waals surface area (Å²) in [7, 11) is 0. The molecule has 0 aliphatic heterocycles.